The molecule has 0 saturated heterocycles. The number of benzene rings is 3. The van der Waals surface area contributed by atoms with Gasteiger partial charge in [-0.2, -0.15) is 0 Å². The quantitative estimate of drug-likeness (QED) is 0.236. The molecule has 1 aliphatic rings. The summed E-state index contributed by atoms with van der Waals surface area (Å²) in [5, 5.41) is 4.40. The molecule has 1 unspecified atom stereocenters. The summed E-state index contributed by atoms with van der Waals surface area (Å²) in [5.74, 6) is 0.503. The number of rotatable bonds is 5. The van der Waals surface area contributed by atoms with Crippen LogP contribution in [-0.4, -0.2) is 8.07 Å². The van der Waals surface area contributed by atoms with Crippen LogP contribution in [0.2, 0.25) is 3.34 Å². The SMILES string of the molecule is CC(C)C1=CC=C[C]1([Ti+3])[Si](c1ccccc1)(c1ccccc1)c1ccccc1.[Cl-].[Cl-].[Cl-]. The first-order valence-electron chi connectivity index (χ1n) is 9.92. The average Bonchev–Trinajstić information content (AvgIpc) is 3.14. The monoisotopic (exact) mass is 518 g/mol. The second-order valence-electron chi connectivity index (χ2n) is 7.79. The van der Waals surface area contributed by atoms with Gasteiger partial charge in [-0.25, -0.2) is 0 Å². The fourth-order valence-corrected chi connectivity index (χ4v) is 13.1. The van der Waals surface area contributed by atoms with Gasteiger partial charge in [-0.3, -0.25) is 0 Å². The molecule has 0 radical (unpaired) electrons. The maximum absolute atomic E-state index is 2.47. The standard InChI is InChI=1S/C26H25Si.3ClH.Ti/c1-21(2)25-19-12-20-26(25)27(22-13-6-3-7-14-22,23-15-8-4-9-16-23)24-17-10-5-11-18-24;;;;/h3-21H,1-2H3;3*1H;/q;;;;+3/p-3. The predicted octanol–water partition coefficient (Wildman–Crippen LogP) is -4.43. The van der Waals surface area contributed by atoms with Gasteiger partial charge in [0.1, 0.15) is 0 Å². The van der Waals surface area contributed by atoms with Crippen LogP contribution in [0, 0.1) is 5.92 Å². The zero-order chi connectivity index (χ0) is 19.6. The molecular formula is C26H25Cl3SiTi. The molecule has 0 aliphatic heterocycles. The molecule has 0 bridgehead atoms. The van der Waals surface area contributed by atoms with Crippen LogP contribution in [0.15, 0.2) is 115 Å². The summed E-state index contributed by atoms with van der Waals surface area (Å²) in [6.45, 7) is 4.66. The van der Waals surface area contributed by atoms with Gasteiger partial charge in [0.15, 0.2) is 0 Å². The zero-order valence-corrected chi connectivity index (χ0v) is 22.4. The van der Waals surface area contributed by atoms with Crippen molar-refractivity contribution in [2.45, 2.75) is 17.2 Å². The molecule has 3 aromatic rings. The molecule has 3 aromatic carbocycles. The molecule has 31 heavy (non-hydrogen) atoms. The zero-order valence-electron chi connectivity index (χ0n) is 17.6. The van der Waals surface area contributed by atoms with Gasteiger partial charge in [0.25, 0.3) is 0 Å². The van der Waals surface area contributed by atoms with Crippen LogP contribution in [0.4, 0.5) is 0 Å². The third kappa shape index (κ3) is 4.69. The first-order valence-corrected chi connectivity index (χ1v) is 12.7. The summed E-state index contributed by atoms with van der Waals surface area (Å²) in [6, 6.07) is 33.7. The van der Waals surface area contributed by atoms with E-state index in [0.29, 0.717) is 5.92 Å². The Balaban J connectivity index is 0.00000160. The molecule has 0 nitrogen and oxygen atoms in total. The molecule has 0 fully saturated rings. The Morgan fingerprint density at radius 1 is 0.645 bits per heavy atom. The molecule has 0 spiro atoms. The van der Waals surface area contributed by atoms with Gasteiger partial charge < -0.3 is 37.2 Å². The van der Waals surface area contributed by atoms with Crippen molar-refractivity contribution in [3.05, 3.63) is 115 Å². The number of hydrogen-bond acceptors (Lipinski definition) is 0. The minimum atomic E-state index is -2.40. The Morgan fingerprint density at radius 2 is 1.00 bits per heavy atom. The van der Waals surface area contributed by atoms with Crippen molar-refractivity contribution >= 4 is 23.6 Å². The Morgan fingerprint density at radius 3 is 1.32 bits per heavy atom. The second-order valence-corrected chi connectivity index (χ2v) is 13.8. The Kier molecular flexibility index (Phi) is 10.6. The maximum atomic E-state index is 2.47. The second kappa shape index (κ2) is 11.7. The van der Waals surface area contributed by atoms with Crippen LogP contribution in [0.1, 0.15) is 13.8 Å². The molecule has 0 aromatic heterocycles. The van der Waals surface area contributed by atoms with Crippen molar-refractivity contribution in [1.29, 1.82) is 0 Å². The predicted molar refractivity (Wildman–Crippen MR) is 119 cm³/mol. The number of hydrogen-bond donors (Lipinski definition) is 0. The minimum Gasteiger partial charge on any atom is -1.00 e. The Hall–Kier alpha value is -1.06. The van der Waals surface area contributed by atoms with E-state index in [0.717, 1.165) is 0 Å². The van der Waals surface area contributed by atoms with Crippen LogP contribution >= 0.6 is 0 Å². The van der Waals surface area contributed by atoms with E-state index in [4.69, 9.17) is 0 Å². The third-order valence-electron chi connectivity index (χ3n) is 5.91. The van der Waals surface area contributed by atoms with E-state index in [-0.39, 0.29) is 40.6 Å². The average molecular weight is 520 g/mol. The molecule has 1 aliphatic carbocycles. The Labute approximate surface area is 217 Å². The van der Waals surface area contributed by atoms with Crippen LogP contribution < -0.4 is 52.8 Å². The van der Waals surface area contributed by atoms with Crippen molar-refractivity contribution in [3.63, 3.8) is 0 Å². The summed E-state index contributed by atoms with van der Waals surface area (Å²) in [6.07, 6.45) is 7.12. The molecule has 158 valence electrons. The first kappa shape index (κ1) is 28.0. The normalized spacial score (nSPS) is 17.3. The Bertz CT molecular complexity index is 908. The maximum Gasteiger partial charge on any atom is -1.00 e. The molecule has 0 saturated carbocycles. The van der Waals surface area contributed by atoms with Gasteiger partial charge in [-0.15, -0.1) is 0 Å². The summed E-state index contributed by atoms with van der Waals surface area (Å²) in [5.41, 5.74) is 1.54. The van der Waals surface area contributed by atoms with Gasteiger partial charge in [-0.05, 0) is 0 Å². The molecule has 0 heterocycles. The third-order valence-corrected chi connectivity index (χ3v) is 13.6. The van der Waals surface area contributed by atoms with Gasteiger partial charge in [0.05, 0.1) is 0 Å². The summed E-state index contributed by atoms with van der Waals surface area (Å²) in [4.78, 5) is 0. The minimum absolute atomic E-state index is 0. The largest absolute Gasteiger partial charge is 1.00 e. The van der Waals surface area contributed by atoms with Crippen molar-refractivity contribution in [2.24, 2.45) is 5.92 Å². The summed E-state index contributed by atoms with van der Waals surface area (Å²) < 4.78 is -0.0226. The van der Waals surface area contributed by atoms with Gasteiger partial charge >= 0.3 is 182 Å². The number of allylic oxidation sites excluding steroid dienone is 4. The van der Waals surface area contributed by atoms with Crippen molar-refractivity contribution in [3.8, 4) is 0 Å². The molecule has 0 amide bonds. The van der Waals surface area contributed by atoms with Crippen molar-refractivity contribution in [1.82, 2.24) is 0 Å². The van der Waals surface area contributed by atoms with E-state index in [1.165, 1.54) is 21.1 Å². The number of halogens is 3. The molecule has 0 N–H and O–H groups in total. The van der Waals surface area contributed by atoms with Gasteiger partial charge in [-0.1, -0.05) is 0 Å². The van der Waals surface area contributed by atoms with E-state index in [1.54, 1.807) is 0 Å². The van der Waals surface area contributed by atoms with Gasteiger partial charge in [0.2, 0.25) is 0 Å². The topological polar surface area (TPSA) is 0 Å². The van der Waals surface area contributed by atoms with E-state index in [1.807, 2.05) is 0 Å². The van der Waals surface area contributed by atoms with E-state index < -0.39 is 8.07 Å². The summed E-state index contributed by atoms with van der Waals surface area (Å²) in [7, 11) is -2.40. The van der Waals surface area contributed by atoms with Gasteiger partial charge in [0, 0.05) is 0 Å². The molecule has 1 atom stereocenters. The van der Waals surface area contributed by atoms with Crippen LogP contribution in [-0.2, 0) is 20.4 Å². The molecule has 4 rings (SSSR count). The fourth-order valence-electron chi connectivity index (χ4n) is 4.76. The van der Waals surface area contributed by atoms with Crippen molar-refractivity contribution in [2.75, 3.05) is 0 Å². The smallest absolute Gasteiger partial charge is 1.00 e. The van der Waals surface area contributed by atoms with Crippen LogP contribution in [0.3, 0.4) is 0 Å². The van der Waals surface area contributed by atoms with E-state index in [9.17, 15) is 0 Å². The fraction of sp³-hybridized carbons (Fsp3) is 0.154. The molecular weight excluding hydrogens is 495 g/mol. The summed E-state index contributed by atoms with van der Waals surface area (Å²) >= 11 is 2.47. The van der Waals surface area contributed by atoms with Crippen molar-refractivity contribution < 1.29 is 57.7 Å². The van der Waals surface area contributed by atoms with E-state index in [2.05, 4.69) is 144 Å². The van der Waals surface area contributed by atoms with Crippen LogP contribution in [0.25, 0.3) is 0 Å². The van der Waals surface area contributed by atoms with E-state index >= 15 is 0 Å². The first-order chi connectivity index (χ1) is 13.6. The molecule has 5 heteroatoms. The van der Waals surface area contributed by atoms with Crippen LogP contribution in [0.5, 0.6) is 0 Å².